The first kappa shape index (κ1) is 23.7. The number of rotatable bonds is 7. The second kappa shape index (κ2) is 10.6. The Morgan fingerprint density at radius 2 is 1.54 bits per heavy atom. The molecule has 0 aliphatic carbocycles. The third kappa shape index (κ3) is 6.11. The number of benzene rings is 3. The summed E-state index contributed by atoms with van der Waals surface area (Å²) in [6.45, 7) is 1.91. The fourth-order valence-electron chi connectivity index (χ4n) is 3.87. The molecule has 35 heavy (non-hydrogen) atoms. The van der Waals surface area contributed by atoms with Gasteiger partial charge in [-0.1, -0.05) is 12.1 Å². The maximum absolute atomic E-state index is 13.2. The van der Waals surface area contributed by atoms with Crippen molar-refractivity contribution in [3.63, 3.8) is 0 Å². The number of nitrogens with one attached hydrogen (secondary N) is 3. The molecule has 0 saturated carbocycles. The van der Waals surface area contributed by atoms with Crippen LogP contribution < -0.4 is 20.9 Å². The predicted molar refractivity (Wildman–Crippen MR) is 131 cm³/mol. The predicted octanol–water partition coefficient (Wildman–Crippen LogP) is 4.91. The van der Waals surface area contributed by atoms with Crippen LogP contribution in [0.4, 0.5) is 31.9 Å². The highest BCUT2D eigenvalue weighted by atomic mass is 19.1. The van der Waals surface area contributed by atoms with Crippen molar-refractivity contribution in [3.8, 4) is 0 Å². The minimum atomic E-state index is -0.551. The summed E-state index contributed by atoms with van der Waals surface area (Å²) < 4.78 is 13.2. The van der Waals surface area contributed by atoms with Crippen LogP contribution in [0.25, 0.3) is 0 Å². The number of halogens is 1. The molecule has 0 radical (unpaired) electrons. The molecule has 0 atom stereocenters. The molecule has 1 aliphatic rings. The number of hydrogen-bond acceptors (Lipinski definition) is 5. The average Bonchev–Trinajstić information content (AvgIpc) is 3.38. The largest absolute Gasteiger partial charge is 0.371 e. The Bertz CT molecular complexity index is 1230. The molecule has 3 aromatic rings. The van der Waals surface area contributed by atoms with Gasteiger partial charge in [0.2, 0.25) is 0 Å². The van der Waals surface area contributed by atoms with Crippen molar-refractivity contribution in [2.75, 3.05) is 28.6 Å². The molecule has 1 fully saturated rings. The van der Waals surface area contributed by atoms with Crippen LogP contribution >= 0.6 is 0 Å². The summed E-state index contributed by atoms with van der Waals surface area (Å²) in [6.07, 6.45) is 2.07. The van der Waals surface area contributed by atoms with Gasteiger partial charge in [0.1, 0.15) is 5.82 Å². The molecule has 0 aromatic heterocycles. The van der Waals surface area contributed by atoms with Crippen LogP contribution in [0.5, 0.6) is 0 Å². The molecule has 0 bridgehead atoms. The van der Waals surface area contributed by atoms with Gasteiger partial charge in [-0.25, -0.2) is 9.18 Å². The van der Waals surface area contributed by atoms with E-state index in [4.69, 9.17) is 0 Å². The number of amides is 3. The standard InChI is InChI=1S/C25H24FN5O4/c26-18-5-3-17(4-6-18)16-27-24(32)22-15-20(9-12-23(22)30-13-1-2-14-30)29-25(33)28-19-7-10-21(11-8-19)31(34)35/h3-12,15H,1-2,13-14,16H2,(H,27,32)(H2,28,29,33). The first-order valence-electron chi connectivity index (χ1n) is 11.1. The zero-order valence-electron chi connectivity index (χ0n) is 18.8. The monoisotopic (exact) mass is 477 g/mol. The fraction of sp³-hybridized carbons (Fsp3) is 0.200. The lowest BCUT2D eigenvalue weighted by Crippen LogP contribution is -2.27. The van der Waals surface area contributed by atoms with Crippen LogP contribution in [-0.2, 0) is 6.54 Å². The maximum Gasteiger partial charge on any atom is 0.323 e. The second-order valence-corrected chi connectivity index (χ2v) is 8.12. The van der Waals surface area contributed by atoms with Crippen molar-refractivity contribution in [1.29, 1.82) is 0 Å². The molecule has 0 spiro atoms. The number of nitro benzene ring substituents is 1. The highest BCUT2D eigenvalue weighted by Gasteiger charge is 2.20. The molecule has 1 saturated heterocycles. The van der Waals surface area contributed by atoms with Gasteiger partial charge in [0, 0.05) is 48.8 Å². The summed E-state index contributed by atoms with van der Waals surface area (Å²) in [7, 11) is 0. The van der Waals surface area contributed by atoms with E-state index in [1.165, 1.54) is 36.4 Å². The van der Waals surface area contributed by atoms with Gasteiger partial charge in [0.25, 0.3) is 11.6 Å². The van der Waals surface area contributed by atoms with Gasteiger partial charge in [-0.2, -0.15) is 0 Å². The normalized spacial score (nSPS) is 12.8. The molecule has 180 valence electrons. The number of anilines is 3. The van der Waals surface area contributed by atoms with Gasteiger partial charge in [-0.15, -0.1) is 0 Å². The van der Waals surface area contributed by atoms with Crippen molar-refractivity contribution in [3.05, 3.63) is 93.8 Å². The van der Waals surface area contributed by atoms with E-state index in [9.17, 15) is 24.1 Å². The zero-order chi connectivity index (χ0) is 24.8. The van der Waals surface area contributed by atoms with Gasteiger partial charge in [-0.3, -0.25) is 14.9 Å². The van der Waals surface area contributed by atoms with Gasteiger partial charge in [0.05, 0.1) is 10.5 Å². The van der Waals surface area contributed by atoms with Crippen LogP contribution in [0.2, 0.25) is 0 Å². The Hall–Kier alpha value is -4.47. The van der Waals surface area contributed by atoms with E-state index in [1.807, 2.05) is 0 Å². The minimum Gasteiger partial charge on any atom is -0.371 e. The molecular formula is C25H24FN5O4. The van der Waals surface area contributed by atoms with Crippen molar-refractivity contribution in [2.45, 2.75) is 19.4 Å². The van der Waals surface area contributed by atoms with Crippen LogP contribution in [-0.4, -0.2) is 30.0 Å². The van der Waals surface area contributed by atoms with E-state index >= 15 is 0 Å². The van der Waals surface area contributed by atoms with Crippen molar-refractivity contribution < 1.29 is 18.9 Å². The third-order valence-electron chi connectivity index (χ3n) is 5.65. The summed E-state index contributed by atoms with van der Waals surface area (Å²) in [4.78, 5) is 37.9. The smallest absolute Gasteiger partial charge is 0.323 e. The molecule has 1 aliphatic heterocycles. The quantitative estimate of drug-likeness (QED) is 0.330. The van der Waals surface area contributed by atoms with Gasteiger partial charge in [0.15, 0.2) is 0 Å². The highest BCUT2D eigenvalue weighted by molar-refractivity contribution is 6.04. The summed E-state index contributed by atoms with van der Waals surface area (Å²) >= 11 is 0. The van der Waals surface area contributed by atoms with Crippen molar-refractivity contribution in [2.24, 2.45) is 0 Å². The molecular weight excluding hydrogens is 453 g/mol. The van der Waals surface area contributed by atoms with Crippen molar-refractivity contribution >= 4 is 34.7 Å². The molecule has 0 unspecified atom stereocenters. The summed E-state index contributed by atoms with van der Waals surface area (Å²) in [5.74, 6) is -0.655. The van der Waals surface area contributed by atoms with Gasteiger partial charge < -0.3 is 20.9 Å². The Morgan fingerprint density at radius 3 is 2.20 bits per heavy atom. The van der Waals surface area contributed by atoms with E-state index < -0.39 is 11.0 Å². The molecule has 3 N–H and O–H groups in total. The van der Waals surface area contributed by atoms with Crippen LogP contribution in [0, 0.1) is 15.9 Å². The van der Waals surface area contributed by atoms with E-state index in [-0.39, 0.29) is 24.0 Å². The summed E-state index contributed by atoms with van der Waals surface area (Å²) in [5, 5.41) is 19.0. The lowest BCUT2D eigenvalue weighted by molar-refractivity contribution is -0.384. The number of nitrogens with zero attached hydrogens (tertiary/aromatic N) is 2. The number of carbonyl (C=O) groups is 2. The molecule has 10 heteroatoms. The van der Waals surface area contributed by atoms with Gasteiger partial charge in [-0.05, 0) is 60.9 Å². The molecule has 4 rings (SSSR count). The Labute approximate surface area is 201 Å². The summed E-state index contributed by atoms with van der Waals surface area (Å²) in [5.41, 5.74) is 2.69. The number of carbonyl (C=O) groups excluding carboxylic acids is 2. The maximum atomic E-state index is 13.2. The number of non-ortho nitro benzene ring substituents is 1. The topological polar surface area (TPSA) is 117 Å². The second-order valence-electron chi connectivity index (χ2n) is 8.12. The Kier molecular flexibility index (Phi) is 7.20. The van der Waals surface area contributed by atoms with E-state index in [0.717, 1.165) is 37.2 Å². The van der Waals surface area contributed by atoms with Crippen molar-refractivity contribution in [1.82, 2.24) is 5.32 Å². The lowest BCUT2D eigenvalue weighted by atomic mass is 10.1. The van der Waals surface area contributed by atoms with E-state index in [0.29, 0.717) is 16.9 Å². The van der Waals surface area contributed by atoms with Crippen LogP contribution in [0.15, 0.2) is 66.7 Å². The van der Waals surface area contributed by atoms with Crippen LogP contribution in [0.1, 0.15) is 28.8 Å². The van der Waals surface area contributed by atoms with E-state index in [1.54, 1.807) is 30.3 Å². The number of urea groups is 1. The highest BCUT2D eigenvalue weighted by Crippen LogP contribution is 2.28. The molecule has 3 aromatic carbocycles. The SMILES string of the molecule is O=C(Nc1ccc([N+](=O)[O-])cc1)Nc1ccc(N2CCCC2)c(C(=O)NCc2ccc(F)cc2)c1. The lowest BCUT2D eigenvalue weighted by Gasteiger charge is -2.22. The Morgan fingerprint density at radius 1 is 0.914 bits per heavy atom. The third-order valence-corrected chi connectivity index (χ3v) is 5.65. The molecule has 3 amide bonds. The summed E-state index contributed by atoms with van der Waals surface area (Å²) in [6, 6.07) is 15.9. The van der Waals surface area contributed by atoms with Gasteiger partial charge >= 0.3 is 6.03 Å². The zero-order valence-corrected chi connectivity index (χ0v) is 18.8. The number of nitro groups is 1. The van der Waals surface area contributed by atoms with Crippen LogP contribution in [0.3, 0.4) is 0 Å². The average molecular weight is 477 g/mol. The fourth-order valence-corrected chi connectivity index (χ4v) is 3.87. The molecule has 9 nitrogen and oxygen atoms in total. The molecule has 1 heterocycles. The first-order valence-corrected chi connectivity index (χ1v) is 11.1. The Balaban J connectivity index is 1.48. The first-order chi connectivity index (χ1) is 16.9. The minimum absolute atomic E-state index is 0.0789. The number of hydrogen-bond donors (Lipinski definition) is 3. The van der Waals surface area contributed by atoms with E-state index in [2.05, 4.69) is 20.9 Å².